The fourth-order valence-corrected chi connectivity index (χ4v) is 3.48. The van der Waals surface area contributed by atoms with Gasteiger partial charge in [-0.2, -0.15) is 16.4 Å². The third-order valence-corrected chi connectivity index (χ3v) is 5.06. The van der Waals surface area contributed by atoms with Crippen molar-refractivity contribution in [1.29, 1.82) is 0 Å². The van der Waals surface area contributed by atoms with E-state index in [1.165, 1.54) is 30.4 Å². The van der Waals surface area contributed by atoms with Crippen molar-refractivity contribution in [2.24, 2.45) is 0 Å². The number of anilines is 1. The molecule has 0 unspecified atom stereocenters. The van der Waals surface area contributed by atoms with Gasteiger partial charge in [-0.1, -0.05) is 0 Å². The number of nitrogens with one attached hydrogen (secondary N) is 2. The van der Waals surface area contributed by atoms with Gasteiger partial charge < -0.3 is 5.32 Å². The number of aromatic nitrogens is 2. The molecule has 108 valence electrons. The van der Waals surface area contributed by atoms with Crippen molar-refractivity contribution in [3.05, 3.63) is 29.2 Å². The monoisotopic (exact) mass is 312 g/mol. The van der Waals surface area contributed by atoms with Crippen LogP contribution in [0.2, 0.25) is 0 Å². The Morgan fingerprint density at radius 2 is 2.30 bits per heavy atom. The van der Waals surface area contributed by atoms with Crippen LogP contribution in [0.4, 0.5) is 5.69 Å². The van der Waals surface area contributed by atoms with Gasteiger partial charge in [0.05, 0.1) is 18.4 Å². The Morgan fingerprint density at radius 3 is 3.00 bits per heavy atom. The average Bonchev–Trinajstić information content (AvgIpc) is 2.90. The maximum Gasteiger partial charge on any atom is 0.265 e. The molecule has 0 atom stereocenters. The molecule has 3 rings (SSSR count). The van der Waals surface area contributed by atoms with Gasteiger partial charge in [0, 0.05) is 24.2 Å². The van der Waals surface area contributed by atoms with Gasteiger partial charge in [-0.15, -0.1) is 0 Å². The third kappa shape index (κ3) is 3.38. The Morgan fingerprint density at radius 1 is 1.45 bits per heavy atom. The second-order valence-corrected chi connectivity index (χ2v) is 7.25. The van der Waals surface area contributed by atoms with E-state index < -0.39 is 10.0 Å². The van der Waals surface area contributed by atoms with E-state index in [0.717, 1.165) is 6.54 Å². The maximum absolute atomic E-state index is 12.1. The summed E-state index contributed by atoms with van der Waals surface area (Å²) in [6.45, 7) is 1.48. The average molecular weight is 312 g/mol. The summed E-state index contributed by atoms with van der Waals surface area (Å²) < 4.78 is 28.4. The van der Waals surface area contributed by atoms with E-state index >= 15 is 0 Å². The second kappa shape index (κ2) is 5.55. The molecule has 2 N–H and O–H groups in total. The highest BCUT2D eigenvalue weighted by atomic mass is 32.2. The van der Waals surface area contributed by atoms with Crippen molar-refractivity contribution in [2.75, 3.05) is 11.3 Å². The quantitative estimate of drug-likeness (QED) is 0.812. The van der Waals surface area contributed by atoms with Gasteiger partial charge >= 0.3 is 0 Å². The van der Waals surface area contributed by atoms with Crippen LogP contribution >= 0.6 is 11.3 Å². The molecular weight excluding hydrogens is 296 g/mol. The Balaban J connectivity index is 1.62. The summed E-state index contributed by atoms with van der Waals surface area (Å²) in [5, 5.41) is 11.0. The summed E-state index contributed by atoms with van der Waals surface area (Å²) in [6.07, 6.45) is 5.42. The summed E-state index contributed by atoms with van der Waals surface area (Å²) in [7, 11) is -3.54. The van der Waals surface area contributed by atoms with Crippen molar-refractivity contribution in [3.8, 4) is 0 Å². The summed E-state index contributed by atoms with van der Waals surface area (Å²) in [4.78, 5) is 0.190. The summed E-state index contributed by atoms with van der Waals surface area (Å²) >= 11 is 1.44. The van der Waals surface area contributed by atoms with Gasteiger partial charge in [0.2, 0.25) is 0 Å². The molecule has 1 aliphatic rings. The van der Waals surface area contributed by atoms with Gasteiger partial charge in [0.1, 0.15) is 4.90 Å². The van der Waals surface area contributed by atoms with Crippen molar-refractivity contribution < 1.29 is 8.42 Å². The lowest BCUT2D eigenvalue weighted by Crippen LogP contribution is -2.22. The Bertz CT molecular complexity index is 659. The molecule has 2 aromatic heterocycles. The highest BCUT2D eigenvalue weighted by molar-refractivity contribution is 7.92. The van der Waals surface area contributed by atoms with E-state index in [1.807, 2.05) is 5.38 Å². The molecule has 2 aromatic rings. The molecule has 0 saturated heterocycles. The molecule has 6 nitrogen and oxygen atoms in total. The zero-order chi connectivity index (χ0) is 14.0. The van der Waals surface area contributed by atoms with Crippen molar-refractivity contribution >= 4 is 27.0 Å². The lowest BCUT2D eigenvalue weighted by molar-refractivity contribution is 0.552. The molecule has 1 fully saturated rings. The van der Waals surface area contributed by atoms with Crippen molar-refractivity contribution in [1.82, 2.24) is 15.1 Å². The van der Waals surface area contributed by atoms with Crippen LogP contribution in [0.15, 0.2) is 34.1 Å². The fraction of sp³-hybridized carbons (Fsp3) is 0.417. The molecule has 0 aliphatic heterocycles. The maximum atomic E-state index is 12.1. The molecule has 0 amide bonds. The molecule has 8 heteroatoms. The van der Waals surface area contributed by atoms with Crippen LogP contribution in [0.3, 0.4) is 0 Å². The molecular formula is C12H16N4O2S2. The zero-order valence-electron chi connectivity index (χ0n) is 10.8. The SMILES string of the molecule is O=S(=O)(Nc1ccsc1)c1cnn(CCNC2CC2)c1. The molecule has 1 aliphatic carbocycles. The first-order valence-electron chi connectivity index (χ1n) is 6.44. The Hall–Kier alpha value is -1.38. The number of thiophene rings is 1. The Labute approximate surface area is 121 Å². The predicted molar refractivity (Wildman–Crippen MR) is 78.4 cm³/mol. The molecule has 0 bridgehead atoms. The largest absolute Gasteiger partial charge is 0.312 e. The minimum absolute atomic E-state index is 0.190. The number of hydrogen-bond donors (Lipinski definition) is 2. The minimum atomic E-state index is -3.54. The molecule has 0 radical (unpaired) electrons. The van der Waals surface area contributed by atoms with E-state index in [2.05, 4.69) is 15.1 Å². The van der Waals surface area contributed by atoms with Gasteiger partial charge in [0.15, 0.2) is 0 Å². The number of nitrogens with zero attached hydrogens (tertiary/aromatic N) is 2. The van der Waals surface area contributed by atoms with Crippen molar-refractivity contribution in [3.63, 3.8) is 0 Å². The first-order valence-corrected chi connectivity index (χ1v) is 8.87. The molecule has 20 heavy (non-hydrogen) atoms. The van der Waals surface area contributed by atoms with Crippen LogP contribution in [0.1, 0.15) is 12.8 Å². The third-order valence-electron chi connectivity index (χ3n) is 3.04. The topological polar surface area (TPSA) is 76.0 Å². The lowest BCUT2D eigenvalue weighted by Gasteiger charge is -2.04. The van der Waals surface area contributed by atoms with E-state index in [-0.39, 0.29) is 4.90 Å². The van der Waals surface area contributed by atoms with Crippen LogP contribution in [0, 0.1) is 0 Å². The number of sulfonamides is 1. The summed E-state index contributed by atoms with van der Waals surface area (Å²) in [6, 6.07) is 2.38. The standard InChI is InChI=1S/C12H16N4O2S2/c17-20(18,15-11-3-6-19-9-11)12-7-14-16(8-12)5-4-13-10-1-2-10/h3,6-10,13,15H,1-2,4-5H2. The Kier molecular flexibility index (Phi) is 3.77. The highest BCUT2D eigenvalue weighted by Gasteiger charge is 2.20. The summed E-state index contributed by atoms with van der Waals surface area (Å²) in [5.41, 5.74) is 0.582. The van der Waals surface area contributed by atoms with Gasteiger partial charge in [-0.05, 0) is 24.3 Å². The van der Waals surface area contributed by atoms with E-state index in [9.17, 15) is 8.42 Å². The van der Waals surface area contributed by atoms with Crippen LogP contribution < -0.4 is 10.0 Å². The first kappa shape index (κ1) is 13.6. The lowest BCUT2D eigenvalue weighted by atomic mass is 10.6. The predicted octanol–water partition coefficient (Wildman–Crippen LogP) is 1.50. The fourth-order valence-electron chi connectivity index (χ4n) is 1.81. The molecule has 0 aromatic carbocycles. The number of rotatable bonds is 7. The van der Waals surface area contributed by atoms with Crippen LogP contribution in [-0.2, 0) is 16.6 Å². The van der Waals surface area contributed by atoms with Crippen LogP contribution in [0.25, 0.3) is 0 Å². The number of hydrogen-bond acceptors (Lipinski definition) is 5. The van der Waals surface area contributed by atoms with Crippen molar-refractivity contribution in [2.45, 2.75) is 30.3 Å². The molecule has 0 spiro atoms. The zero-order valence-corrected chi connectivity index (χ0v) is 12.5. The molecule has 2 heterocycles. The normalized spacial score (nSPS) is 15.4. The minimum Gasteiger partial charge on any atom is -0.312 e. The van der Waals surface area contributed by atoms with Gasteiger partial charge in [-0.25, -0.2) is 8.42 Å². The van der Waals surface area contributed by atoms with Gasteiger partial charge in [0.25, 0.3) is 10.0 Å². The highest BCUT2D eigenvalue weighted by Crippen LogP contribution is 2.19. The second-order valence-electron chi connectivity index (χ2n) is 4.79. The van der Waals surface area contributed by atoms with Gasteiger partial charge in [-0.3, -0.25) is 9.40 Å². The van der Waals surface area contributed by atoms with Crippen LogP contribution in [-0.4, -0.2) is 30.8 Å². The van der Waals surface area contributed by atoms with E-state index in [4.69, 9.17) is 0 Å². The van der Waals surface area contributed by atoms with Crippen LogP contribution in [0.5, 0.6) is 0 Å². The molecule has 1 saturated carbocycles. The van der Waals surface area contributed by atoms with E-state index in [1.54, 1.807) is 22.3 Å². The smallest absolute Gasteiger partial charge is 0.265 e. The summed E-state index contributed by atoms with van der Waals surface area (Å²) in [5.74, 6) is 0. The first-order chi connectivity index (χ1) is 9.63. The van der Waals surface area contributed by atoms with E-state index in [0.29, 0.717) is 18.3 Å².